The Hall–Kier alpha value is -0.630. The van der Waals surface area contributed by atoms with Gasteiger partial charge in [-0.2, -0.15) is 4.31 Å². The molecule has 1 aliphatic heterocycles. The molecule has 1 unspecified atom stereocenters. The van der Waals surface area contributed by atoms with Crippen molar-refractivity contribution in [3.63, 3.8) is 0 Å². The molecule has 1 heterocycles. The first-order valence-corrected chi connectivity index (χ1v) is 9.19. The number of hydrogen-bond acceptors (Lipinski definition) is 4. The third-order valence-electron chi connectivity index (χ3n) is 4.19. The summed E-state index contributed by atoms with van der Waals surface area (Å²) >= 11 is 3.32. The summed E-state index contributed by atoms with van der Waals surface area (Å²) in [5.74, 6) is 0. The lowest BCUT2D eigenvalue weighted by atomic mass is 10.2. The number of likely N-dealkylation sites (N-methyl/N-ethyl adjacent to an activating group) is 2. The molecular weight excluding hydrogens is 354 g/mol. The number of benzene rings is 1. The predicted molar refractivity (Wildman–Crippen MR) is 88.8 cm³/mol. The molecular formula is C14H22BrN3O2S. The average Bonchev–Trinajstić information content (AvgIpc) is 2.79. The van der Waals surface area contributed by atoms with E-state index in [0.717, 1.165) is 19.4 Å². The lowest BCUT2D eigenvalue weighted by molar-refractivity contribution is 0.271. The Morgan fingerprint density at radius 2 is 2.14 bits per heavy atom. The first-order valence-electron chi connectivity index (χ1n) is 6.95. The quantitative estimate of drug-likeness (QED) is 0.817. The molecule has 5 nitrogen and oxygen atoms in total. The van der Waals surface area contributed by atoms with Gasteiger partial charge in [-0.1, -0.05) is 15.9 Å². The summed E-state index contributed by atoms with van der Waals surface area (Å²) in [7, 11) is 0.150. The van der Waals surface area contributed by atoms with Gasteiger partial charge in [0.25, 0.3) is 0 Å². The normalized spacial score (nSPS) is 20.3. The minimum absolute atomic E-state index is 0.275. The molecule has 1 saturated heterocycles. The molecule has 1 aromatic carbocycles. The first kappa shape index (κ1) is 16.7. The zero-order valence-corrected chi connectivity index (χ0v) is 15.0. The van der Waals surface area contributed by atoms with E-state index in [-0.39, 0.29) is 10.9 Å². The van der Waals surface area contributed by atoms with Crippen molar-refractivity contribution in [1.29, 1.82) is 0 Å². The molecule has 2 rings (SSSR count). The van der Waals surface area contributed by atoms with Crippen LogP contribution in [0.3, 0.4) is 0 Å². The summed E-state index contributed by atoms with van der Waals surface area (Å²) < 4.78 is 27.7. The third kappa shape index (κ3) is 3.41. The zero-order chi connectivity index (χ0) is 15.8. The Balaban J connectivity index is 2.29. The molecule has 0 radical (unpaired) electrons. The molecule has 0 bridgehead atoms. The standard InChI is InChI=1S/C14H22BrN3O2S/c1-10-13(16)7-11(15)8-14(10)21(19,20)18(3)9-12-5-4-6-17(12)2/h7-8,12H,4-6,9,16H2,1-3H3. The van der Waals surface area contributed by atoms with E-state index in [1.165, 1.54) is 4.31 Å². The number of rotatable bonds is 4. The maximum absolute atomic E-state index is 12.8. The fourth-order valence-corrected chi connectivity index (χ4v) is 4.83. The van der Waals surface area contributed by atoms with Crippen LogP contribution in [0.2, 0.25) is 0 Å². The zero-order valence-electron chi connectivity index (χ0n) is 12.6. The van der Waals surface area contributed by atoms with E-state index in [4.69, 9.17) is 5.73 Å². The van der Waals surface area contributed by atoms with Crippen molar-refractivity contribution in [2.75, 3.05) is 32.9 Å². The van der Waals surface area contributed by atoms with E-state index in [2.05, 4.69) is 20.8 Å². The molecule has 2 N–H and O–H groups in total. The van der Waals surface area contributed by atoms with Crippen LogP contribution >= 0.6 is 15.9 Å². The van der Waals surface area contributed by atoms with Gasteiger partial charge < -0.3 is 10.6 Å². The van der Waals surface area contributed by atoms with Crippen LogP contribution in [0.1, 0.15) is 18.4 Å². The summed E-state index contributed by atoms with van der Waals surface area (Å²) in [6.45, 7) is 3.27. The summed E-state index contributed by atoms with van der Waals surface area (Å²) in [5.41, 5.74) is 6.97. The molecule has 0 saturated carbocycles. The van der Waals surface area contributed by atoms with Crippen LogP contribution in [-0.2, 0) is 10.0 Å². The first-order chi connectivity index (χ1) is 9.73. The highest BCUT2D eigenvalue weighted by Crippen LogP contribution is 2.28. The van der Waals surface area contributed by atoms with Crippen molar-refractivity contribution in [1.82, 2.24) is 9.21 Å². The van der Waals surface area contributed by atoms with Crippen LogP contribution in [-0.4, -0.2) is 50.8 Å². The number of nitrogens with two attached hydrogens (primary N) is 1. The van der Waals surface area contributed by atoms with Gasteiger partial charge in [0.2, 0.25) is 10.0 Å². The van der Waals surface area contributed by atoms with Gasteiger partial charge in [-0.25, -0.2) is 8.42 Å². The van der Waals surface area contributed by atoms with Crippen molar-refractivity contribution >= 4 is 31.6 Å². The van der Waals surface area contributed by atoms with Crippen molar-refractivity contribution in [3.8, 4) is 0 Å². The maximum Gasteiger partial charge on any atom is 0.243 e. The molecule has 1 atom stereocenters. The van der Waals surface area contributed by atoms with Gasteiger partial charge in [0.15, 0.2) is 0 Å². The smallest absolute Gasteiger partial charge is 0.243 e. The predicted octanol–water partition coefficient (Wildman–Crippen LogP) is 2.05. The minimum atomic E-state index is -3.53. The molecule has 21 heavy (non-hydrogen) atoms. The van der Waals surface area contributed by atoms with Crippen LogP contribution in [0.5, 0.6) is 0 Å². The number of nitrogen functional groups attached to an aromatic ring is 1. The fourth-order valence-electron chi connectivity index (χ4n) is 2.71. The Morgan fingerprint density at radius 1 is 1.48 bits per heavy atom. The maximum atomic E-state index is 12.8. The van der Waals surface area contributed by atoms with E-state index >= 15 is 0 Å². The second kappa shape index (κ2) is 6.24. The van der Waals surface area contributed by atoms with Crippen LogP contribution < -0.4 is 5.73 Å². The number of sulfonamides is 1. The van der Waals surface area contributed by atoms with Gasteiger partial charge in [-0.15, -0.1) is 0 Å². The Morgan fingerprint density at radius 3 is 2.71 bits per heavy atom. The molecule has 1 aromatic rings. The molecule has 0 amide bonds. The second-order valence-corrected chi connectivity index (χ2v) is 8.61. The highest BCUT2D eigenvalue weighted by Gasteiger charge is 2.29. The van der Waals surface area contributed by atoms with Crippen LogP contribution in [0.25, 0.3) is 0 Å². The van der Waals surface area contributed by atoms with E-state index in [1.54, 1.807) is 26.1 Å². The topological polar surface area (TPSA) is 66.6 Å². The van der Waals surface area contributed by atoms with Gasteiger partial charge in [0.1, 0.15) is 0 Å². The molecule has 1 fully saturated rings. The second-order valence-electron chi connectivity index (χ2n) is 5.68. The van der Waals surface area contributed by atoms with Crippen LogP contribution in [0.15, 0.2) is 21.5 Å². The van der Waals surface area contributed by atoms with Gasteiger partial charge in [-0.3, -0.25) is 0 Å². The molecule has 1 aliphatic rings. The average molecular weight is 376 g/mol. The van der Waals surface area contributed by atoms with E-state index < -0.39 is 10.0 Å². The SMILES string of the molecule is Cc1c(N)cc(Br)cc1S(=O)(=O)N(C)CC1CCCN1C. The number of nitrogens with zero attached hydrogens (tertiary/aromatic N) is 2. The molecule has 118 valence electrons. The monoisotopic (exact) mass is 375 g/mol. The van der Waals surface area contributed by atoms with Crippen LogP contribution in [0.4, 0.5) is 5.69 Å². The van der Waals surface area contributed by atoms with Crippen molar-refractivity contribution in [2.45, 2.75) is 30.7 Å². The largest absolute Gasteiger partial charge is 0.398 e. The van der Waals surface area contributed by atoms with Gasteiger partial charge in [0, 0.05) is 29.8 Å². The van der Waals surface area contributed by atoms with Crippen LogP contribution in [0, 0.1) is 6.92 Å². The molecule has 0 aliphatic carbocycles. The third-order valence-corrected chi connectivity index (χ3v) is 6.60. The Bertz CT molecular complexity index is 633. The summed E-state index contributed by atoms with van der Waals surface area (Å²) in [6, 6.07) is 3.63. The van der Waals surface area contributed by atoms with Crippen molar-refractivity contribution < 1.29 is 8.42 Å². The van der Waals surface area contributed by atoms with Gasteiger partial charge in [-0.05, 0) is 51.1 Å². The summed E-state index contributed by atoms with van der Waals surface area (Å²) in [5, 5.41) is 0. The lowest BCUT2D eigenvalue weighted by Crippen LogP contribution is -2.39. The Kier molecular flexibility index (Phi) is 4.97. The highest BCUT2D eigenvalue weighted by atomic mass is 79.9. The van der Waals surface area contributed by atoms with Crippen molar-refractivity contribution in [3.05, 3.63) is 22.2 Å². The number of likely N-dealkylation sites (tertiary alicyclic amines) is 1. The molecule has 0 aromatic heterocycles. The van der Waals surface area contributed by atoms with Gasteiger partial charge in [0.05, 0.1) is 4.90 Å². The fraction of sp³-hybridized carbons (Fsp3) is 0.571. The van der Waals surface area contributed by atoms with E-state index in [0.29, 0.717) is 22.3 Å². The van der Waals surface area contributed by atoms with E-state index in [9.17, 15) is 8.42 Å². The summed E-state index contributed by atoms with van der Waals surface area (Å²) in [4.78, 5) is 2.49. The lowest BCUT2D eigenvalue weighted by Gasteiger charge is -2.26. The number of halogens is 1. The highest BCUT2D eigenvalue weighted by molar-refractivity contribution is 9.10. The number of anilines is 1. The minimum Gasteiger partial charge on any atom is -0.398 e. The molecule has 0 spiro atoms. The van der Waals surface area contributed by atoms with E-state index in [1.807, 2.05) is 7.05 Å². The van der Waals surface area contributed by atoms with Gasteiger partial charge >= 0.3 is 0 Å². The molecule has 7 heteroatoms. The van der Waals surface area contributed by atoms with Crippen molar-refractivity contribution in [2.24, 2.45) is 0 Å². The summed E-state index contributed by atoms with van der Waals surface area (Å²) in [6.07, 6.45) is 2.16. The Labute approximate surface area is 135 Å². The number of hydrogen-bond donors (Lipinski definition) is 1.